The van der Waals surface area contributed by atoms with Crippen LogP contribution in [-0.4, -0.2) is 34.9 Å². The van der Waals surface area contributed by atoms with Crippen LogP contribution in [0.25, 0.3) is 0 Å². The SMILES string of the molecule is O=C1NC2CSC(CCCCCS)C2N1. The minimum absolute atomic E-state index is 0.0191. The van der Waals surface area contributed by atoms with Gasteiger partial charge in [0.1, 0.15) is 0 Å². The van der Waals surface area contributed by atoms with Crippen molar-refractivity contribution < 1.29 is 4.79 Å². The van der Waals surface area contributed by atoms with E-state index in [4.69, 9.17) is 0 Å². The summed E-state index contributed by atoms with van der Waals surface area (Å²) in [4.78, 5) is 11.1. The van der Waals surface area contributed by atoms with Crippen LogP contribution < -0.4 is 10.6 Å². The minimum atomic E-state index is 0.0191. The van der Waals surface area contributed by atoms with E-state index in [-0.39, 0.29) is 6.03 Å². The first-order valence-corrected chi connectivity index (χ1v) is 7.29. The van der Waals surface area contributed by atoms with E-state index in [1.54, 1.807) is 0 Å². The van der Waals surface area contributed by atoms with Gasteiger partial charge in [0.2, 0.25) is 0 Å². The lowest BCUT2D eigenvalue weighted by Crippen LogP contribution is -2.36. The summed E-state index contributed by atoms with van der Waals surface area (Å²) in [6.07, 6.45) is 4.96. The molecule has 2 N–H and O–H groups in total. The largest absolute Gasteiger partial charge is 0.332 e. The molecular weight excluding hydrogens is 228 g/mol. The zero-order valence-corrected chi connectivity index (χ0v) is 10.4. The summed E-state index contributed by atoms with van der Waals surface area (Å²) in [6.45, 7) is 0. The van der Waals surface area contributed by atoms with Gasteiger partial charge in [0, 0.05) is 11.0 Å². The van der Waals surface area contributed by atoms with Gasteiger partial charge in [0.15, 0.2) is 0 Å². The molecule has 0 aromatic carbocycles. The number of hydrogen-bond acceptors (Lipinski definition) is 3. The Bertz CT molecular complexity index is 237. The highest BCUT2D eigenvalue weighted by Crippen LogP contribution is 2.33. The van der Waals surface area contributed by atoms with Crippen molar-refractivity contribution in [1.29, 1.82) is 0 Å². The van der Waals surface area contributed by atoms with Crippen LogP contribution in [0, 0.1) is 0 Å². The summed E-state index contributed by atoms with van der Waals surface area (Å²) in [5.74, 6) is 2.06. The van der Waals surface area contributed by atoms with Crippen molar-refractivity contribution in [2.45, 2.75) is 43.0 Å². The summed E-state index contributed by atoms with van der Waals surface area (Å²) in [5, 5.41) is 6.60. The molecule has 2 amide bonds. The van der Waals surface area contributed by atoms with E-state index in [1.165, 1.54) is 25.7 Å². The Labute approximate surface area is 101 Å². The minimum Gasteiger partial charge on any atom is -0.332 e. The number of unbranched alkanes of at least 4 members (excludes halogenated alkanes) is 2. The van der Waals surface area contributed by atoms with Crippen LogP contribution in [0.3, 0.4) is 0 Å². The van der Waals surface area contributed by atoms with Crippen LogP contribution in [0.15, 0.2) is 0 Å². The number of carbonyl (C=O) groups is 1. The van der Waals surface area contributed by atoms with Gasteiger partial charge in [-0.15, -0.1) is 0 Å². The highest BCUT2D eigenvalue weighted by atomic mass is 32.2. The quantitative estimate of drug-likeness (QED) is 0.392. The fraction of sp³-hybridized carbons (Fsp3) is 0.900. The van der Waals surface area contributed by atoms with Crippen molar-refractivity contribution in [1.82, 2.24) is 10.6 Å². The Balaban J connectivity index is 1.72. The van der Waals surface area contributed by atoms with Crippen LogP contribution in [0.2, 0.25) is 0 Å². The molecule has 2 saturated heterocycles. The molecule has 86 valence electrons. The summed E-state index contributed by atoms with van der Waals surface area (Å²) in [6, 6.07) is 0.765. The van der Waals surface area contributed by atoms with Crippen molar-refractivity contribution in [2.24, 2.45) is 0 Å². The number of thioether (sulfide) groups is 1. The first-order valence-electron chi connectivity index (χ1n) is 5.61. The zero-order chi connectivity index (χ0) is 10.7. The highest BCUT2D eigenvalue weighted by Gasteiger charge is 2.42. The average molecular weight is 246 g/mol. The standard InChI is InChI=1S/C10H18N2OS2/c13-10-11-7-6-15-8(9(7)12-10)4-2-1-3-5-14/h7-9,14H,1-6H2,(H2,11,12,13). The van der Waals surface area contributed by atoms with E-state index >= 15 is 0 Å². The van der Waals surface area contributed by atoms with E-state index in [0.717, 1.165) is 11.5 Å². The molecule has 3 atom stereocenters. The van der Waals surface area contributed by atoms with Gasteiger partial charge in [-0.05, 0) is 18.6 Å². The number of hydrogen-bond donors (Lipinski definition) is 3. The molecule has 0 aromatic rings. The van der Waals surface area contributed by atoms with Crippen molar-refractivity contribution in [2.75, 3.05) is 11.5 Å². The Morgan fingerprint density at radius 2 is 2.20 bits per heavy atom. The molecule has 5 heteroatoms. The second kappa shape index (κ2) is 5.34. The average Bonchev–Trinajstić information content (AvgIpc) is 2.73. The lowest BCUT2D eigenvalue weighted by molar-refractivity contribution is 0.247. The molecule has 0 aliphatic carbocycles. The van der Waals surface area contributed by atoms with E-state index in [0.29, 0.717) is 17.3 Å². The van der Waals surface area contributed by atoms with E-state index in [1.807, 2.05) is 11.8 Å². The van der Waals surface area contributed by atoms with E-state index < -0.39 is 0 Å². The van der Waals surface area contributed by atoms with Crippen molar-refractivity contribution >= 4 is 30.4 Å². The maximum Gasteiger partial charge on any atom is 0.315 e. The Morgan fingerprint density at radius 3 is 3.00 bits per heavy atom. The second-order valence-corrected chi connectivity index (χ2v) is 5.91. The predicted octanol–water partition coefficient (Wildman–Crippen LogP) is 1.64. The molecule has 0 radical (unpaired) electrons. The lowest BCUT2D eigenvalue weighted by atomic mass is 10.0. The Hall–Kier alpha value is -0.0300. The zero-order valence-electron chi connectivity index (χ0n) is 8.74. The Kier molecular flexibility index (Phi) is 4.08. The molecule has 15 heavy (non-hydrogen) atoms. The number of carbonyl (C=O) groups excluding carboxylic acids is 1. The highest BCUT2D eigenvalue weighted by molar-refractivity contribution is 8.00. The van der Waals surface area contributed by atoms with Crippen molar-refractivity contribution in [3.05, 3.63) is 0 Å². The number of rotatable bonds is 5. The van der Waals surface area contributed by atoms with Gasteiger partial charge in [-0.3, -0.25) is 0 Å². The fourth-order valence-electron chi connectivity index (χ4n) is 2.28. The van der Waals surface area contributed by atoms with Gasteiger partial charge < -0.3 is 10.6 Å². The third kappa shape index (κ3) is 2.75. The molecule has 2 aliphatic rings. The first-order chi connectivity index (χ1) is 7.31. The molecule has 0 spiro atoms. The number of nitrogens with one attached hydrogen (secondary N) is 2. The van der Waals surface area contributed by atoms with Gasteiger partial charge in [-0.25, -0.2) is 4.79 Å². The fourth-order valence-corrected chi connectivity index (χ4v) is 4.04. The first kappa shape index (κ1) is 11.5. The van der Waals surface area contributed by atoms with Crippen LogP contribution in [0.5, 0.6) is 0 Å². The van der Waals surface area contributed by atoms with Gasteiger partial charge in [-0.2, -0.15) is 24.4 Å². The van der Waals surface area contributed by atoms with Crippen LogP contribution in [0.1, 0.15) is 25.7 Å². The molecule has 0 saturated carbocycles. The van der Waals surface area contributed by atoms with Gasteiger partial charge >= 0.3 is 6.03 Å². The maximum absolute atomic E-state index is 11.1. The molecule has 0 aromatic heterocycles. The van der Waals surface area contributed by atoms with E-state index in [9.17, 15) is 4.79 Å². The molecular formula is C10H18N2OS2. The third-order valence-electron chi connectivity index (χ3n) is 3.08. The third-order valence-corrected chi connectivity index (χ3v) is 4.91. The molecule has 2 fully saturated rings. The Morgan fingerprint density at radius 1 is 1.33 bits per heavy atom. The monoisotopic (exact) mass is 246 g/mol. The molecule has 3 unspecified atom stereocenters. The smallest absolute Gasteiger partial charge is 0.315 e. The maximum atomic E-state index is 11.1. The van der Waals surface area contributed by atoms with Crippen LogP contribution in [-0.2, 0) is 0 Å². The van der Waals surface area contributed by atoms with Gasteiger partial charge in [0.25, 0.3) is 0 Å². The van der Waals surface area contributed by atoms with Gasteiger partial charge in [0.05, 0.1) is 12.1 Å². The van der Waals surface area contributed by atoms with Crippen molar-refractivity contribution in [3.63, 3.8) is 0 Å². The molecule has 3 nitrogen and oxygen atoms in total. The normalized spacial score (nSPS) is 33.7. The second-order valence-electron chi connectivity index (χ2n) is 4.19. The summed E-state index contributed by atoms with van der Waals surface area (Å²) >= 11 is 6.20. The lowest BCUT2D eigenvalue weighted by Gasteiger charge is -2.16. The van der Waals surface area contributed by atoms with E-state index in [2.05, 4.69) is 23.3 Å². The molecule has 2 heterocycles. The van der Waals surface area contributed by atoms with Gasteiger partial charge in [-0.1, -0.05) is 12.8 Å². The predicted molar refractivity (Wildman–Crippen MR) is 67.8 cm³/mol. The summed E-state index contributed by atoms with van der Waals surface area (Å²) in [7, 11) is 0. The number of urea groups is 1. The van der Waals surface area contributed by atoms with Crippen LogP contribution >= 0.6 is 24.4 Å². The summed E-state index contributed by atoms with van der Waals surface area (Å²) in [5.41, 5.74) is 0. The number of fused-ring (bicyclic) bond motifs is 1. The molecule has 2 rings (SSSR count). The van der Waals surface area contributed by atoms with Crippen molar-refractivity contribution in [3.8, 4) is 0 Å². The molecule has 2 aliphatic heterocycles. The van der Waals surface area contributed by atoms with Crippen LogP contribution in [0.4, 0.5) is 4.79 Å². The number of amides is 2. The summed E-state index contributed by atoms with van der Waals surface area (Å²) < 4.78 is 0. The number of thiol groups is 1. The molecule has 0 bridgehead atoms. The topological polar surface area (TPSA) is 41.1 Å².